The summed E-state index contributed by atoms with van der Waals surface area (Å²) in [5, 5.41) is 2.90. The Balaban J connectivity index is 1.47. The Bertz CT molecular complexity index is 418. The molecule has 3 rings (SSSR count). The topological polar surface area (TPSA) is 29.1 Å². The highest BCUT2D eigenvalue weighted by Crippen LogP contribution is 2.43. The Labute approximate surface area is 109 Å². The van der Waals surface area contributed by atoms with E-state index in [1.165, 1.54) is 31.2 Å². The van der Waals surface area contributed by atoms with E-state index in [0.29, 0.717) is 5.91 Å². The van der Waals surface area contributed by atoms with Crippen molar-refractivity contribution in [1.29, 1.82) is 0 Å². The summed E-state index contributed by atoms with van der Waals surface area (Å²) in [4.78, 5) is 11.6. The molecule has 1 spiro atoms. The number of nitrogens with one attached hydrogen (secondary N) is 1. The van der Waals surface area contributed by atoms with Crippen LogP contribution in [0.1, 0.15) is 37.7 Å². The molecule has 1 aliphatic carbocycles. The van der Waals surface area contributed by atoms with Gasteiger partial charge in [-0.15, -0.1) is 0 Å². The molecule has 1 heterocycles. The van der Waals surface area contributed by atoms with Gasteiger partial charge in [-0.2, -0.15) is 0 Å². The van der Waals surface area contributed by atoms with Crippen molar-refractivity contribution in [1.82, 2.24) is 5.32 Å². The average Bonchev–Trinajstić information content (AvgIpc) is 2.45. The van der Waals surface area contributed by atoms with E-state index >= 15 is 0 Å². The summed E-state index contributed by atoms with van der Waals surface area (Å²) in [7, 11) is 0. The summed E-state index contributed by atoms with van der Waals surface area (Å²) < 4.78 is 0. The van der Waals surface area contributed by atoms with Crippen molar-refractivity contribution in [2.75, 3.05) is 6.54 Å². The van der Waals surface area contributed by atoms with Gasteiger partial charge in [-0.05, 0) is 50.0 Å². The van der Waals surface area contributed by atoms with Gasteiger partial charge in [0, 0.05) is 6.54 Å². The van der Waals surface area contributed by atoms with E-state index in [-0.39, 0.29) is 5.41 Å². The molecule has 1 N–H and O–H groups in total. The van der Waals surface area contributed by atoms with Gasteiger partial charge in [0.15, 0.2) is 0 Å². The molecule has 0 bridgehead atoms. The molecule has 0 atom stereocenters. The van der Waals surface area contributed by atoms with E-state index < -0.39 is 0 Å². The van der Waals surface area contributed by atoms with Crippen molar-refractivity contribution in [2.24, 2.45) is 11.3 Å². The van der Waals surface area contributed by atoms with Crippen LogP contribution in [0.25, 0.3) is 0 Å². The second kappa shape index (κ2) is 4.75. The van der Waals surface area contributed by atoms with Crippen molar-refractivity contribution < 1.29 is 4.79 Å². The van der Waals surface area contributed by atoms with Gasteiger partial charge < -0.3 is 5.32 Å². The van der Waals surface area contributed by atoms with Crippen LogP contribution in [-0.4, -0.2) is 12.5 Å². The molecule has 2 aliphatic rings. The third-order valence-corrected chi connectivity index (χ3v) is 4.82. The Morgan fingerprint density at radius 2 is 1.89 bits per heavy atom. The van der Waals surface area contributed by atoms with E-state index in [4.69, 9.17) is 0 Å². The van der Waals surface area contributed by atoms with Gasteiger partial charge in [-0.25, -0.2) is 0 Å². The second-order valence-corrected chi connectivity index (χ2v) is 5.93. The van der Waals surface area contributed by atoms with E-state index in [2.05, 4.69) is 35.6 Å². The molecule has 96 valence electrons. The standard InChI is InChI=1S/C16H21NO/c18-15-16(12-17-15)10-8-14(9-11-16)7-6-13-4-2-1-3-5-13/h1-5,14H,6-12H2,(H,17,18). The monoisotopic (exact) mass is 243 g/mol. The van der Waals surface area contributed by atoms with Crippen LogP contribution in [0.3, 0.4) is 0 Å². The van der Waals surface area contributed by atoms with Gasteiger partial charge in [-0.1, -0.05) is 30.3 Å². The van der Waals surface area contributed by atoms with Gasteiger partial charge in [0.2, 0.25) is 5.91 Å². The number of β-lactam (4-membered cyclic amide) rings is 1. The minimum absolute atomic E-state index is 0.0449. The predicted octanol–water partition coefficient (Wildman–Crippen LogP) is 2.93. The molecule has 1 aromatic carbocycles. The molecular formula is C16H21NO. The molecule has 0 unspecified atom stereocenters. The first-order valence-corrected chi connectivity index (χ1v) is 7.11. The number of aryl methyl sites for hydroxylation is 1. The molecule has 1 aromatic rings. The van der Waals surface area contributed by atoms with Crippen molar-refractivity contribution in [2.45, 2.75) is 38.5 Å². The highest BCUT2D eigenvalue weighted by molar-refractivity contribution is 5.88. The minimum atomic E-state index is 0.0449. The largest absolute Gasteiger partial charge is 0.354 e. The third-order valence-electron chi connectivity index (χ3n) is 4.82. The summed E-state index contributed by atoms with van der Waals surface area (Å²) in [6.07, 6.45) is 7.16. The number of rotatable bonds is 3. The fourth-order valence-corrected chi connectivity index (χ4v) is 3.35. The Kier molecular flexibility index (Phi) is 3.11. The lowest BCUT2D eigenvalue weighted by molar-refractivity contribution is -0.143. The highest BCUT2D eigenvalue weighted by atomic mass is 16.2. The van der Waals surface area contributed by atoms with Crippen molar-refractivity contribution in [3.05, 3.63) is 35.9 Å². The maximum atomic E-state index is 11.6. The maximum absolute atomic E-state index is 11.6. The van der Waals surface area contributed by atoms with Gasteiger partial charge in [-0.3, -0.25) is 4.79 Å². The molecule has 0 aromatic heterocycles. The molecule has 2 nitrogen and oxygen atoms in total. The van der Waals surface area contributed by atoms with Gasteiger partial charge in [0.1, 0.15) is 0 Å². The van der Waals surface area contributed by atoms with Crippen LogP contribution in [-0.2, 0) is 11.2 Å². The smallest absolute Gasteiger partial charge is 0.228 e. The van der Waals surface area contributed by atoms with Crippen molar-refractivity contribution in [3.63, 3.8) is 0 Å². The molecule has 18 heavy (non-hydrogen) atoms. The van der Waals surface area contributed by atoms with E-state index in [9.17, 15) is 4.79 Å². The zero-order valence-corrected chi connectivity index (χ0v) is 10.8. The number of hydrogen-bond donors (Lipinski definition) is 1. The van der Waals surface area contributed by atoms with Gasteiger partial charge in [0.05, 0.1) is 5.41 Å². The highest BCUT2D eigenvalue weighted by Gasteiger charge is 2.47. The van der Waals surface area contributed by atoms with E-state index in [1.807, 2.05) is 0 Å². The number of carbonyl (C=O) groups is 1. The predicted molar refractivity (Wildman–Crippen MR) is 72.2 cm³/mol. The summed E-state index contributed by atoms with van der Waals surface area (Å²) in [5.74, 6) is 1.13. The Hall–Kier alpha value is -1.31. The number of amides is 1. The first kappa shape index (κ1) is 11.8. The molecule has 2 fully saturated rings. The molecule has 0 radical (unpaired) electrons. The van der Waals surface area contributed by atoms with Crippen LogP contribution in [0.5, 0.6) is 0 Å². The summed E-state index contributed by atoms with van der Waals surface area (Å²) >= 11 is 0. The number of benzene rings is 1. The zero-order valence-electron chi connectivity index (χ0n) is 10.8. The lowest BCUT2D eigenvalue weighted by Gasteiger charge is -2.45. The average molecular weight is 243 g/mol. The minimum Gasteiger partial charge on any atom is -0.354 e. The molecule has 2 heteroatoms. The van der Waals surface area contributed by atoms with Crippen LogP contribution in [0, 0.1) is 11.3 Å². The number of carbonyl (C=O) groups excluding carboxylic acids is 1. The van der Waals surface area contributed by atoms with Crippen molar-refractivity contribution in [3.8, 4) is 0 Å². The third kappa shape index (κ3) is 2.16. The first-order valence-electron chi connectivity index (χ1n) is 7.11. The van der Waals surface area contributed by atoms with Crippen LogP contribution in [0.4, 0.5) is 0 Å². The van der Waals surface area contributed by atoms with E-state index in [1.54, 1.807) is 0 Å². The van der Waals surface area contributed by atoms with E-state index in [0.717, 1.165) is 25.3 Å². The summed E-state index contributed by atoms with van der Waals surface area (Å²) in [5.41, 5.74) is 1.49. The van der Waals surface area contributed by atoms with Gasteiger partial charge >= 0.3 is 0 Å². The van der Waals surface area contributed by atoms with Crippen LogP contribution in [0.2, 0.25) is 0 Å². The first-order chi connectivity index (χ1) is 8.78. The molecule has 1 saturated heterocycles. The second-order valence-electron chi connectivity index (χ2n) is 5.93. The van der Waals surface area contributed by atoms with Crippen LogP contribution < -0.4 is 5.32 Å². The Morgan fingerprint density at radius 3 is 2.44 bits per heavy atom. The molecule has 1 saturated carbocycles. The lowest BCUT2D eigenvalue weighted by atomic mass is 9.65. The fourth-order valence-electron chi connectivity index (χ4n) is 3.35. The maximum Gasteiger partial charge on any atom is 0.228 e. The quantitative estimate of drug-likeness (QED) is 0.813. The fraction of sp³-hybridized carbons (Fsp3) is 0.562. The van der Waals surface area contributed by atoms with Crippen LogP contribution in [0.15, 0.2) is 30.3 Å². The van der Waals surface area contributed by atoms with Gasteiger partial charge in [0.25, 0.3) is 0 Å². The summed E-state index contributed by atoms with van der Waals surface area (Å²) in [6.45, 7) is 0.928. The molecule has 1 aliphatic heterocycles. The summed E-state index contributed by atoms with van der Waals surface area (Å²) in [6, 6.07) is 10.7. The van der Waals surface area contributed by atoms with Crippen LogP contribution >= 0.6 is 0 Å². The lowest BCUT2D eigenvalue weighted by Crippen LogP contribution is -2.60. The SMILES string of the molecule is O=C1NCC12CCC(CCc1ccccc1)CC2. The normalized spacial score (nSPS) is 30.9. The number of hydrogen-bond acceptors (Lipinski definition) is 1. The molecule has 1 amide bonds. The van der Waals surface area contributed by atoms with Crippen molar-refractivity contribution >= 4 is 5.91 Å². The Morgan fingerprint density at radius 1 is 1.17 bits per heavy atom. The molecular weight excluding hydrogens is 222 g/mol. The zero-order chi connectivity index (χ0) is 12.4.